The van der Waals surface area contributed by atoms with Gasteiger partial charge in [-0.3, -0.25) is 9.78 Å². The molecule has 3 amide bonds. The summed E-state index contributed by atoms with van der Waals surface area (Å²) in [5.41, 5.74) is 7.25. The second kappa shape index (κ2) is 8.03. The summed E-state index contributed by atoms with van der Waals surface area (Å²) in [6.45, 7) is 1.78. The standard InChI is InChI=1S/C19H21N5O4/c1-11(7-13-3-2-5-21-10-13)23-19(28)24-16(18(26)27)14(17(24)25)8-12-4-6-22-15(20)9-12/h2-6,9-11,14,16H,7-8H2,1H3,(H2,20,22)(H,23,28)(H,26,27)/t11?,14-,16+/m1/s1. The molecule has 28 heavy (non-hydrogen) atoms. The van der Waals surface area contributed by atoms with Crippen molar-refractivity contribution in [1.82, 2.24) is 20.2 Å². The van der Waals surface area contributed by atoms with Crippen LogP contribution in [0.5, 0.6) is 0 Å². The van der Waals surface area contributed by atoms with Crippen LogP contribution in [0.25, 0.3) is 0 Å². The topological polar surface area (TPSA) is 139 Å². The molecule has 0 aliphatic carbocycles. The number of nitrogens with two attached hydrogens (primary N) is 1. The number of likely N-dealkylation sites (tertiary alicyclic amines) is 1. The van der Waals surface area contributed by atoms with Crippen LogP contribution in [0.1, 0.15) is 18.1 Å². The molecule has 1 fully saturated rings. The number of carboxylic acid groups (broad SMARTS) is 1. The Labute approximate surface area is 161 Å². The van der Waals surface area contributed by atoms with Crippen LogP contribution >= 0.6 is 0 Å². The van der Waals surface area contributed by atoms with Gasteiger partial charge < -0.3 is 16.2 Å². The highest BCUT2D eigenvalue weighted by Gasteiger charge is 2.54. The van der Waals surface area contributed by atoms with E-state index in [-0.39, 0.29) is 18.3 Å². The van der Waals surface area contributed by atoms with Crippen LogP contribution in [0, 0.1) is 5.92 Å². The number of pyridine rings is 2. The molecule has 4 N–H and O–H groups in total. The van der Waals surface area contributed by atoms with E-state index in [4.69, 9.17) is 5.73 Å². The maximum absolute atomic E-state index is 12.5. The summed E-state index contributed by atoms with van der Waals surface area (Å²) in [6.07, 6.45) is 5.53. The quantitative estimate of drug-likeness (QED) is 0.629. The number of aliphatic carboxylic acids is 1. The van der Waals surface area contributed by atoms with Crippen molar-refractivity contribution < 1.29 is 19.5 Å². The largest absolute Gasteiger partial charge is 0.480 e. The molecule has 0 aromatic carbocycles. The highest BCUT2D eigenvalue weighted by molar-refractivity contribution is 6.07. The smallest absolute Gasteiger partial charge is 0.327 e. The van der Waals surface area contributed by atoms with Crippen molar-refractivity contribution in [2.75, 3.05) is 5.73 Å². The van der Waals surface area contributed by atoms with Crippen LogP contribution in [0.4, 0.5) is 10.6 Å². The molecule has 0 saturated carbocycles. The van der Waals surface area contributed by atoms with Crippen LogP contribution in [0.2, 0.25) is 0 Å². The van der Waals surface area contributed by atoms with Gasteiger partial charge in [-0.05, 0) is 49.1 Å². The number of nitrogens with one attached hydrogen (secondary N) is 1. The molecule has 1 aliphatic rings. The molecular formula is C19H21N5O4. The summed E-state index contributed by atoms with van der Waals surface area (Å²) in [5, 5.41) is 12.2. The van der Waals surface area contributed by atoms with Gasteiger partial charge in [0.2, 0.25) is 5.91 Å². The molecule has 9 heteroatoms. The molecule has 0 radical (unpaired) electrons. The minimum atomic E-state index is -1.22. The van der Waals surface area contributed by atoms with E-state index in [1.165, 1.54) is 6.20 Å². The zero-order valence-corrected chi connectivity index (χ0v) is 15.3. The number of nitrogen functional groups attached to an aromatic ring is 1. The molecule has 0 bridgehead atoms. The van der Waals surface area contributed by atoms with Gasteiger partial charge in [-0.15, -0.1) is 0 Å². The van der Waals surface area contributed by atoms with Gasteiger partial charge in [0.15, 0.2) is 6.04 Å². The first-order valence-electron chi connectivity index (χ1n) is 8.82. The van der Waals surface area contributed by atoms with E-state index in [0.29, 0.717) is 12.0 Å². The third-order valence-electron chi connectivity index (χ3n) is 4.62. The average Bonchev–Trinajstić information content (AvgIpc) is 2.64. The zero-order chi connectivity index (χ0) is 20.3. The zero-order valence-electron chi connectivity index (χ0n) is 15.3. The predicted octanol–water partition coefficient (Wildman–Crippen LogP) is 0.854. The summed E-state index contributed by atoms with van der Waals surface area (Å²) in [5.74, 6) is -2.27. The molecule has 3 atom stereocenters. The van der Waals surface area contributed by atoms with Crippen LogP contribution < -0.4 is 11.1 Å². The number of imide groups is 1. The van der Waals surface area contributed by atoms with Gasteiger partial charge in [0, 0.05) is 24.6 Å². The first-order chi connectivity index (χ1) is 13.4. The van der Waals surface area contributed by atoms with Crippen LogP contribution in [0.15, 0.2) is 42.9 Å². The van der Waals surface area contributed by atoms with E-state index >= 15 is 0 Å². The van der Waals surface area contributed by atoms with Gasteiger partial charge >= 0.3 is 12.0 Å². The molecule has 1 unspecified atom stereocenters. The number of β-lactam (4-membered cyclic amide) rings is 1. The fraction of sp³-hybridized carbons (Fsp3) is 0.316. The minimum Gasteiger partial charge on any atom is -0.480 e. The molecular weight excluding hydrogens is 362 g/mol. The third kappa shape index (κ3) is 4.08. The minimum absolute atomic E-state index is 0.178. The second-order valence-electron chi connectivity index (χ2n) is 6.81. The first-order valence-corrected chi connectivity index (χ1v) is 8.82. The fourth-order valence-corrected chi connectivity index (χ4v) is 3.34. The van der Waals surface area contributed by atoms with Crippen molar-refractivity contribution in [3.8, 4) is 0 Å². The van der Waals surface area contributed by atoms with Gasteiger partial charge in [-0.2, -0.15) is 0 Å². The molecule has 2 aromatic rings. The lowest BCUT2D eigenvalue weighted by molar-refractivity contribution is -0.165. The van der Waals surface area contributed by atoms with Gasteiger partial charge in [0.25, 0.3) is 0 Å². The molecule has 0 spiro atoms. The van der Waals surface area contributed by atoms with E-state index in [1.807, 2.05) is 6.07 Å². The Morgan fingerprint density at radius 1 is 1.32 bits per heavy atom. The maximum Gasteiger partial charge on any atom is 0.327 e. The Hall–Kier alpha value is -3.49. The van der Waals surface area contributed by atoms with Gasteiger partial charge in [0.1, 0.15) is 5.82 Å². The van der Waals surface area contributed by atoms with Crippen LogP contribution in [-0.2, 0) is 22.4 Å². The molecule has 3 heterocycles. The Morgan fingerprint density at radius 2 is 2.11 bits per heavy atom. The lowest BCUT2D eigenvalue weighted by atomic mass is 9.82. The Kier molecular flexibility index (Phi) is 5.53. The van der Waals surface area contributed by atoms with Crippen LogP contribution in [0.3, 0.4) is 0 Å². The third-order valence-corrected chi connectivity index (χ3v) is 4.62. The van der Waals surface area contributed by atoms with Crippen molar-refractivity contribution in [2.24, 2.45) is 5.92 Å². The number of hydrogen-bond donors (Lipinski definition) is 3. The molecule has 1 saturated heterocycles. The summed E-state index contributed by atoms with van der Waals surface area (Å²) in [6, 6.07) is 4.71. The van der Waals surface area contributed by atoms with Crippen molar-refractivity contribution in [1.29, 1.82) is 0 Å². The molecule has 3 rings (SSSR count). The van der Waals surface area contributed by atoms with E-state index in [0.717, 1.165) is 10.5 Å². The number of nitrogens with zero attached hydrogens (tertiary/aromatic N) is 3. The number of carbonyl (C=O) groups is 3. The fourth-order valence-electron chi connectivity index (χ4n) is 3.34. The van der Waals surface area contributed by atoms with Crippen LogP contribution in [-0.4, -0.2) is 50.0 Å². The number of amides is 3. The van der Waals surface area contributed by atoms with Crippen molar-refractivity contribution >= 4 is 23.7 Å². The summed E-state index contributed by atoms with van der Waals surface area (Å²) < 4.78 is 0. The van der Waals surface area contributed by atoms with Crippen molar-refractivity contribution in [3.05, 3.63) is 54.0 Å². The van der Waals surface area contributed by atoms with E-state index in [2.05, 4.69) is 15.3 Å². The number of aromatic nitrogens is 2. The number of carbonyl (C=O) groups excluding carboxylic acids is 2. The predicted molar refractivity (Wildman–Crippen MR) is 100 cm³/mol. The number of hydrogen-bond acceptors (Lipinski definition) is 6. The number of carboxylic acids is 1. The average molecular weight is 383 g/mol. The highest BCUT2D eigenvalue weighted by Crippen LogP contribution is 2.30. The first kappa shape index (κ1) is 19.3. The monoisotopic (exact) mass is 383 g/mol. The van der Waals surface area contributed by atoms with Gasteiger partial charge in [0.05, 0.1) is 5.92 Å². The molecule has 9 nitrogen and oxygen atoms in total. The van der Waals surface area contributed by atoms with Gasteiger partial charge in [-0.1, -0.05) is 6.07 Å². The number of anilines is 1. The van der Waals surface area contributed by atoms with Crippen molar-refractivity contribution in [3.63, 3.8) is 0 Å². The second-order valence-corrected chi connectivity index (χ2v) is 6.81. The normalized spacial score (nSPS) is 19.6. The highest BCUT2D eigenvalue weighted by atomic mass is 16.4. The lowest BCUT2D eigenvalue weighted by Gasteiger charge is -2.43. The van der Waals surface area contributed by atoms with Crippen molar-refractivity contribution in [2.45, 2.75) is 31.8 Å². The summed E-state index contributed by atoms with van der Waals surface area (Å²) in [4.78, 5) is 45.3. The lowest BCUT2D eigenvalue weighted by Crippen LogP contribution is -2.69. The van der Waals surface area contributed by atoms with E-state index < -0.39 is 29.9 Å². The Morgan fingerprint density at radius 3 is 2.75 bits per heavy atom. The van der Waals surface area contributed by atoms with Gasteiger partial charge in [-0.25, -0.2) is 19.5 Å². The molecule has 1 aliphatic heterocycles. The van der Waals surface area contributed by atoms with E-state index in [1.54, 1.807) is 37.5 Å². The molecule has 146 valence electrons. The Bertz CT molecular complexity index is 889. The summed E-state index contributed by atoms with van der Waals surface area (Å²) >= 11 is 0. The Balaban J connectivity index is 1.65. The number of rotatable bonds is 6. The summed E-state index contributed by atoms with van der Waals surface area (Å²) in [7, 11) is 0. The van der Waals surface area contributed by atoms with E-state index in [9.17, 15) is 19.5 Å². The SMILES string of the molecule is CC(Cc1cccnc1)NC(=O)N1C(=O)[C@H](Cc2ccnc(N)c2)[C@H]1C(=O)O. The maximum atomic E-state index is 12.5. The number of urea groups is 1. The molecule has 2 aromatic heterocycles.